The van der Waals surface area contributed by atoms with Crippen molar-refractivity contribution in [3.05, 3.63) is 52.5 Å². The van der Waals surface area contributed by atoms with E-state index in [0.717, 1.165) is 25.1 Å². The number of hydrogen-bond donors (Lipinski definition) is 1. The molecule has 2 rings (SSSR count). The van der Waals surface area contributed by atoms with Crippen molar-refractivity contribution in [2.24, 2.45) is 0 Å². The van der Waals surface area contributed by atoms with Gasteiger partial charge in [0.15, 0.2) is 0 Å². The van der Waals surface area contributed by atoms with Crippen LogP contribution in [-0.2, 0) is 6.54 Å². The van der Waals surface area contributed by atoms with E-state index in [1.54, 1.807) is 7.11 Å². The van der Waals surface area contributed by atoms with E-state index >= 15 is 0 Å². The van der Waals surface area contributed by atoms with Gasteiger partial charge in [0.2, 0.25) is 0 Å². The minimum Gasteiger partial charge on any atom is -0.495 e. The first-order valence-electron chi connectivity index (χ1n) is 7.30. The monoisotopic (exact) mass is 303 g/mol. The minimum absolute atomic E-state index is 0.643. The summed E-state index contributed by atoms with van der Waals surface area (Å²) in [5.74, 6) is 0.707. The summed E-state index contributed by atoms with van der Waals surface area (Å²) in [6, 6.07) is 12.5. The van der Waals surface area contributed by atoms with Gasteiger partial charge in [-0.2, -0.15) is 0 Å². The number of benzene rings is 2. The number of rotatable bonds is 6. The topological polar surface area (TPSA) is 21.3 Å². The van der Waals surface area contributed by atoms with E-state index in [1.807, 2.05) is 12.1 Å². The van der Waals surface area contributed by atoms with Crippen molar-refractivity contribution in [3.63, 3.8) is 0 Å². The average molecular weight is 304 g/mol. The van der Waals surface area contributed by atoms with Crippen LogP contribution in [0.5, 0.6) is 5.75 Å². The van der Waals surface area contributed by atoms with Crippen LogP contribution in [0.3, 0.4) is 0 Å². The van der Waals surface area contributed by atoms with Gasteiger partial charge < -0.3 is 10.1 Å². The number of ether oxygens (including phenoxy) is 1. The summed E-state index contributed by atoms with van der Waals surface area (Å²) in [5.41, 5.74) is 4.88. The number of methoxy groups -OCH3 is 1. The van der Waals surface area contributed by atoms with Crippen molar-refractivity contribution >= 4 is 11.6 Å². The van der Waals surface area contributed by atoms with Gasteiger partial charge in [0.25, 0.3) is 0 Å². The van der Waals surface area contributed by atoms with Crippen LogP contribution in [-0.4, -0.2) is 13.7 Å². The van der Waals surface area contributed by atoms with E-state index in [4.69, 9.17) is 16.3 Å². The van der Waals surface area contributed by atoms with E-state index in [-0.39, 0.29) is 0 Å². The third-order valence-corrected chi connectivity index (χ3v) is 3.77. The maximum atomic E-state index is 6.26. The molecule has 0 fully saturated rings. The molecule has 1 N–H and O–H groups in total. The summed E-state index contributed by atoms with van der Waals surface area (Å²) >= 11 is 6.26. The number of nitrogens with one attached hydrogen (secondary N) is 1. The highest BCUT2D eigenvalue weighted by molar-refractivity contribution is 6.32. The molecule has 0 aliphatic rings. The molecule has 21 heavy (non-hydrogen) atoms. The van der Waals surface area contributed by atoms with Crippen molar-refractivity contribution in [1.82, 2.24) is 5.32 Å². The summed E-state index contributed by atoms with van der Waals surface area (Å²) in [5, 5.41) is 4.10. The highest BCUT2D eigenvalue weighted by Gasteiger charge is 2.08. The molecule has 2 nitrogen and oxygen atoms in total. The van der Waals surface area contributed by atoms with Crippen LogP contribution in [0, 0.1) is 6.92 Å². The smallest absolute Gasteiger partial charge is 0.137 e. The lowest BCUT2D eigenvalue weighted by Gasteiger charge is -2.13. The zero-order valence-corrected chi connectivity index (χ0v) is 13.6. The second kappa shape index (κ2) is 7.48. The summed E-state index contributed by atoms with van der Waals surface area (Å²) in [6.07, 6.45) is 1.13. The molecular weight excluding hydrogens is 282 g/mol. The molecule has 0 unspecified atom stereocenters. The first-order chi connectivity index (χ1) is 10.2. The molecule has 0 saturated heterocycles. The van der Waals surface area contributed by atoms with Crippen molar-refractivity contribution in [2.75, 3.05) is 13.7 Å². The highest BCUT2D eigenvalue weighted by Crippen LogP contribution is 2.32. The Hall–Kier alpha value is -1.51. The number of halogens is 1. The Kier molecular flexibility index (Phi) is 5.66. The van der Waals surface area contributed by atoms with E-state index in [9.17, 15) is 0 Å². The third-order valence-electron chi connectivity index (χ3n) is 3.47. The Labute approximate surface area is 132 Å². The Morgan fingerprint density at radius 1 is 1.14 bits per heavy atom. The van der Waals surface area contributed by atoms with E-state index in [0.29, 0.717) is 10.8 Å². The molecule has 2 aromatic carbocycles. The molecule has 0 aromatic heterocycles. The second-order valence-corrected chi connectivity index (χ2v) is 5.59. The highest BCUT2D eigenvalue weighted by atomic mass is 35.5. The standard InChI is InChI=1S/C18H22ClNO/c1-4-9-20-12-15-6-5-13(2)10-16(15)14-7-8-18(21-3)17(19)11-14/h5-8,10-11,20H,4,9,12H2,1-3H3. The molecule has 0 saturated carbocycles. The Balaban J connectivity index is 2.36. The summed E-state index contributed by atoms with van der Waals surface area (Å²) in [4.78, 5) is 0. The predicted octanol–water partition coefficient (Wildman–Crippen LogP) is 4.82. The van der Waals surface area contributed by atoms with Crippen LogP contribution in [0.2, 0.25) is 5.02 Å². The molecule has 0 bridgehead atoms. The molecule has 0 atom stereocenters. The minimum atomic E-state index is 0.643. The van der Waals surface area contributed by atoms with Gasteiger partial charge in [-0.15, -0.1) is 0 Å². The molecule has 0 amide bonds. The summed E-state index contributed by atoms with van der Waals surface area (Å²) in [6.45, 7) is 6.17. The number of aryl methyl sites for hydroxylation is 1. The van der Waals surface area contributed by atoms with Gasteiger partial charge in [-0.1, -0.05) is 48.4 Å². The fourth-order valence-electron chi connectivity index (χ4n) is 2.35. The van der Waals surface area contributed by atoms with Crippen LogP contribution < -0.4 is 10.1 Å². The summed E-state index contributed by atoms with van der Waals surface area (Å²) in [7, 11) is 1.63. The lowest BCUT2D eigenvalue weighted by molar-refractivity contribution is 0.415. The van der Waals surface area contributed by atoms with Gasteiger partial charge in [-0.25, -0.2) is 0 Å². The quantitative estimate of drug-likeness (QED) is 0.772. The second-order valence-electron chi connectivity index (χ2n) is 5.19. The van der Waals surface area contributed by atoms with E-state index < -0.39 is 0 Å². The maximum Gasteiger partial charge on any atom is 0.137 e. The van der Waals surface area contributed by atoms with Crippen molar-refractivity contribution in [1.29, 1.82) is 0 Å². The first-order valence-corrected chi connectivity index (χ1v) is 7.67. The molecule has 0 radical (unpaired) electrons. The average Bonchev–Trinajstić information content (AvgIpc) is 2.49. The fourth-order valence-corrected chi connectivity index (χ4v) is 2.60. The molecular formula is C18H22ClNO. The lowest BCUT2D eigenvalue weighted by Crippen LogP contribution is -2.14. The van der Waals surface area contributed by atoms with Crippen LogP contribution in [0.15, 0.2) is 36.4 Å². The predicted molar refractivity (Wildman–Crippen MR) is 90.2 cm³/mol. The van der Waals surface area contributed by atoms with Gasteiger partial charge >= 0.3 is 0 Å². The van der Waals surface area contributed by atoms with Crippen LogP contribution in [0.1, 0.15) is 24.5 Å². The van der Waals surface area contributed by atoms with Gasteiger partial charge in [0, 0.05) is 6.54 Å². The molecule has 0 spiro atoms. The zero-order valence-electron chi connectivity index (χ0n) is 12.9. The normalized spacial score (nSPS) is 10.7. The molecule has 0 aliphatic heterocycles. The molecule has 0 aliphatic carbocycles. The Morgan fingerprint density at radius 3 is 2.62 bits per heavy atom. The van der Waals surface area contributed by atoms with E-state index in [1.165, 1.54) is 16.7 Å². The van der Waals surface area contributed by atoms with Gasteiger partial charge in [0.1, 0.15) is 5.75 Å². The third kappa shape index (κ3) is 3.99. The van der Waals surface area contributed by atoms with Crippen molar-refractivity contribution < 1.29 is 4.74 Å². The molecule has 0 heterocycles. The SMILES string of the molecule is CCCNCc1ccc(C)cc1-c1ccc(OC)c(Cl)c1. The van der Waals surface area contributed by atoms with Gasteiger partial charge in [0.05, 0.1) is 12.1 Å². The van der Waals surface area contributed by atoms with Gasteiger partial charge in [-0.3, -0.25) is 0 Å². The zero-order chi connectivity index (χ0) is 15.2. The molecule has 2 aromatic rings. The Morgan fingerprint density at radius 2 is 1.95 bits per heavy atom. The van der Waals surface area contributed by atoms with Crippen LogP contribution in [0.4, 0.5) is 0 Å². The maximum absolute atomic E-state index is 6.26. The number of hydrogen-bond acceptors (Lipinski definition) is 2. The largest absolute Gasteiger partial charge is 0.495 e. The Bertz CT molecular complexity index is 610. The van der Waals surface area contributed by atoms with Crippen molar-refractivity contribution in [3.8, 4) is 16.9 Å². The fraction of sp³-hybridized carbons (Fsp3) is 0.333. The molecule has 3 heteroatoms. The van der Waals surface area contributed by atoms with Crippen molar-refractivity contribution in [2.45, 2.75) is 26.8 Å². The summed E-state index contributed by atoms with van der Waals surface area (Å²) < 4.78 is 5.22. The van der Waals surface area contributed by atoms with Gasteiger partial charge in [-0.05, 0) is 48.7 Å². The first kappa shape index (κ1) is 15.9. The lowest BCUT2D eigenvalue weighted by atomic mass is 9.97. The molecule has 112 valence electrons. The van der Waals surface area contributed by atoms with Crippen LogP contribution >= 0.6 is 11.6 Å². The van der Waals surface area contributed by atoms with E-state index in [2.05, 4.69) is 43.4 Å². The van der Waals surface area contributed by atoms with Crippen LogP contribution in [0.25, 0.3) is 11.1 Å².